The molecule has 0 unspecified atom stereocenters. The minimum Gasteiger partial charge on any atom is -0.469 e. The van der Waals surface area contributed by atoms with Crippen LogP contribution in [0, 0.1) is 51.8 Å². The highest BCUT2D eigenvalue weighted by Gasteiger charge is 2.65. The lowest BCUT2D eigenvalue weighted by molar-refractivity contribution is -0.207. The molecule has 34 heavy (non-hydrogen) atoms. The molecule has 5 aliphatic carbocycles. The fourth-order valence-electron chi connectivity index (χ4n) is 10.0. The highest BCUT2D eigenvalue weighted by Crippen LogP contribution is 2.68. The van der Waals surface area contributed by atoms with Crippen LogP contribution in [0.25, 0.3) is 0 Å². The van der Waals surface area contributed by atoms with E-state index in [4.69, 9.17) is 4.74 Å². The van der Waals surface area contributed by atoms with Crippen molar-refractivity contribution in [1.29, 1.82) is 0 Å². The predicted molar refractivity (Wildman–Crippen MR) is 131 cm³/mol. The maximum atomic E-state index is 12.1. The number of ether oxygens (including phenoxy) is 1. The summed E-state index contributed by atoms with van der Waals surface area (Å²) in [5, 5.41) is 33.4. The zero-order valence-corrected chi connectivity index (χ0v) is 21.8. The Balaban J connectivity index is 1.30. The molecule has 5 nitrogen and oxygen atoms in total. The van der Waals surface area contributed by atoms with E-state index < -0.39 is 0 Å². The number of hydrogen-bond donors (Lipinski definition) is 3. The third-order valence-corrected chi connectivity index (χ3v) is 12.3. The molecule has 5 aliphatic rings. The van der Waals surface area contributed by atoms with Crippen molar-refractivity contribution in [2.45, 2.75) is 116 Å². The number of rotatable bonds is 6. The van der Waals surface area contributed by atoms with Crippen LogP contribution >= 0.6 is 0 Å². The lowest BCUT2D eigenvalue weighted by Crippen LogP contribution is -2.62. The fraction of sp³-hybridized carbons (Fsp3) is 0.966. The van der Waals surface area contributed by atoms with Crippen molar-refractivity contribution >= 4 is 5.97 Å². The van der Waals surface area contributed by atoms with Gasteiger partial charge < -0.3 is 20.1 Å². The quantitative estimate of drug-likeness (QED) is 0.484. The van der Waals surface area contributed by atoms with Gasteiger partial charge in [0, 0.05) is 0 Å². The van der Waals surface area contributed by atoms with Crippen LogP contribution in [0.2, 0.25) is 0 Å². The molecule has 0 amide bonds. The summed E-state index contributed by atoms with van der Waals surface area (Å²) in [6.45, 7) is 7.08. The van der Waals surface area contributed by atoms with E-state index in [0.29, 0.717) is 29.6 Å². The second-order valence-corrected chi connectivity index (χ2v) is 13.7. The van der Waals surface area contributed by atoms with E-state index in [-0.39, 0.29) is 46.4 Å². The van der Waals surface area contributed by atoms with Gasteiger partial charge in [0.2, 0.25) is 0 Å². The minimum absolute atomic E-state index is 0.0323. The van der Waals surface area contributed by atoms with Gasteiger partial charge in [-0.2, -0.15) is 0 Å². The first-order valence-electron chi connectivity index (χ1n) is 14.2. The van der Waals surface area contributed by atoms with Gasteiger partial charge in [0.15, 0.2) is 0 Å². The fourth-order valence-corrected chi connectivity index (χ4v) is 10.0. The second-order valence-electron chi connectivity index (χ2n) is 13.7. The molecule has 5 rings (SSSR count). The normalized spacial score (nSPS) is 50.0. The SMILES string of the molecule is COC(=O)C1(CCC[C@@H](C)[C@H]2CC[C@H]3[C@@H]4[C@H](O)C[C@@H]5C[C@H](O)CC[C@]5(C)[C@H]4C[C@H](O)[C@]23C)CC1. The maximum absolute atomic E-state index is 12.1. The smallest absolute Gasteiger partial charge is 0.311 e. The first-order valence-corrected chi connectivity index (χ1v) is 14.2. The lowest BCUT2D eigenvalue weighted by Gasteiger charge is -2.63. The summed E-state index contributed by atoms with van der Waals surface area (Å²) >= 11 is 0. The Morgan fingerprint density at radius 1 is 1.00 bits per heavy atom. The molecule has 0 aromatic rings. The number of fused-ring (bicyclic) bond motifs is 5. The molecule has 0 saturated heterocycles. The minimum atomic E-state index is -0.326. The number of aliphatic hydroxyl groups excluding tert-OH is 3. The van der Waals surface area contributed by atoms with Crippen LogP contribution in [-0.4, -0.2) is 46.7 Å². The van der Waals surface area contributed by atoms with E-state index >= 15 is 0 Å². The monoisotopic (exact) mass is 476 g/mol. The second kappa shape index (κ2) is 8.73. The van der Waals surface area contributed by atoms with Gasteiger partial charge in [-0.15, -0.1) is 0 Å². The van der Waals surface area contributed by atoms with Gasteiger partial charge in [0.05, 0.1) is 30.8 Å². The van der Waals surface area contributed by atoms with Gasteiger partial charge in [-0.05, 0) is 111 Å². The Bertz CT molecular complexity index is 778. The molecule has 3 N–H and O–H groups in total. The molecule has 5 saturated carbocycles. The summed E-state index contributed by atoms with van der Waals surface area (Å²) < 4.78 is 5.04. The van der Waals surface area contributed by atoms with E-state index in [1.54, 1.807) is 0 Å². The van der Waals surface area contributed by atoms with Crippen molar-refractivity contribution in [2.75, 3.05) is 7.11 Å². The van der Waals surface area contributed by atoms with Crippen LogP contribution < -0.4 is 0 Å². The Kier molecular flexibility index (Phi) is 6.42. The molecule has 0 aromatic carbocycles. The number of methoxy groups -OCH3 is 1. The van der Waals surface area contributed by atoms with Crippen molar-refractivity contribution in [1.82, 2.24) is 0 Å². The summed E-state index contributed by atoms with van der Waals surface area (Å²) in [5.41, 5.74) is -0.222. The van der Waals surface area contributed by atoms with Crippen LogP contribution in [0.4, 0.5) is 0 Å². The molecular weight excluding hydrogens is 428 g/mol. The molecule has 11 atom stereocenters. The van der Waals surface area contributed by atoms with Crippen LogP contribution in [0.1, 0.15) is 97.8 Å². The first-order chi connectivity index (χ1) is 16.1. The average molecular weight is 477 g/mol. The molecule has 0 aliphatic heterocycles. The van der Waals surface area contributed by atoms with Gasteiger partial charge in [-0.1, -0.05) is 33.6 Å². The topological polar surface area (TPSA) is 87.0 Å². The van der Waals surface area contributed by atoms with E-state index in [0.717, 1.165) is 77.0 Å². The van der Waals surface area contributed by atoms with Gasteiger partial charge in [-0.3, -0.25) is 4.79 Å². The summed E-state index contributed by atoms with van der Waals surface area (Å²) in [7, 11) is 1.50. The zero-order chi connectivity index (χ0) is 24.5. The Hall–Kier alpha value is -0.650. The van der Waals surface area contributed by atoms with Crippen LogP contribution in [0.15, 0.2) is 0 Å². The summed E-state index contributed by atoms with van der Waals surface area (Å²) in [5.74, 6) is 2.30. The van der Waals surface area contributed by atoms with Crippen LogP contribution in [-0.2, 0) is 9.53 Å². The zero-order valence-electron chi connectivity index (χ0n) is 21.8. The largest absolute Gasteiger partial charge is 0.469 e. The number of carbonyl (C=O) groups is 1. The van der Waals surface area contributed by atoms with Gasteiger partial charge in [0.1, 0.15) is 0 Å². The van der Waals surface area contributed by atoms with Gasteiger partial charge in [0.25, 0.3) is 0 Å². The Labute approximate surface area is 206 Å². The van der Waals surface area contributed by atoms with E-state index in [9.17, 15) is 20.1 Å². The standard InChI is InChI=1S/C29H48O5/c1-17(6-5-10-29(12-13-29)26(33)34-4)20-7-8-21-25-22(16-24(32)28(20,21)3)27(2)11-9-19(30)14-18(27)15-23(25)31/h17-25,30-32H,5-16H2,1-4H3/t17-,18+,19-,20-,21+,22+,23-,24+,25+,27+,28-/m1/s1. The van der Waals surface area contributed by atoms with Crippen molar-refractivity contribution in [3.8, 4) is 0 Å². The Morgan fingerprint density at radius 2 is 1.74 bits per heavy atom. The average Bonchev–Trinajstić information content (AvgIpc) is 3.50. The first kappa shape index (κ1) is 25.0. The molecule has 0 radical (unpaired) electrons. The molecule has 0 heterocycles. The van der Waals surface area contributed by atoms with E-state index in [1.807, 2.05) is 0 Å². The number of hydrogen-bond acceptors (Lipinski definition) is 5. The molecule has 5 fully saturated rings. The molecule has 0 aromatic heterocycles. The van der Waals surface area contributed by atoms with Crippen molar-refractivity contribution in [2.24, 2.45) is 51.8 Å². The molecular formula is C29H48O5. The third-order valence-electron chi connectivity index (χ3n) is 12.3. The van der Waals surface area contributed by atoms with E-state index in [2.05, 4.69) is 20.8 Å². The van der Waals surface area contributed by atoms with Crippen molar-refractivity contribution in [3.05, 3.63) is 0 Å². The van der Waals surface area contributed by atoms with Crippen LogP contribution in [0.3, 0.4) is 0 Å². The highest BCUT2D eigenvalue weighted by atomic mass is 16.5. The number of carbonyl (C=O) groups excluding carboxylic acids is 1. The molecule has 5 heteroatoms. The molecule has 0 bridgehead atoms. The van der Waals surface area contributed by atoms with Crippen LogP contribution in [0.5, 0.6) is 0 Å². The number of aliphatic hydroxyl groups is 3. The number of esters is 1. The summed E-state index contributed by atoms with van der Waals surface area (Å²) in [6, 6.07) is 0. The molecule has 194 valence electrons. The lowest BCUT2D eigenvalue weighted by atomic mass is 9.43. The predicted octanol–water partition coefficient (Wildman–Crippen LogP) is 4.71. The van der Waals surface area contributed by atoms with Crippen molar-refractivity contribution < 1.29 is 24.9 Å². The Morgan fingerprint density at radius 3 is 2.41 bits per heavy atom. The summed E-state index contributed by atoms with van der Waals surface area (Å²) in [6.07, 6.45) is 10.7. The van der Waals surface area contributed by atoms with Gasteiger partial charge in [-0.25, -0.2) is 0 Å². The third kappa shape index (κ3) is 3.70. The highest BCUT2D eigenvalue weighted by molar-refractivity contribution is 5.79. The van der Waals surface area contributed by atoms with E-state index in [1.165, 1.54) is 7.11 Å². The van der Waals surface area contributed by atoms with Crippen molar-refractivity contribution in [3.63, 3.8) is 0 Å². The maximum Gasteiger partial charge on any atom is 0.311 e. The van der Waals surface area contributed by atoms with Gasteiger partial charge >= 0.3 is 5.97 Å². The summed E-state index contributed by atoms with van der Waals surface area (Å²) in [4.78, 5) is 12.1. The molecule has 0 spiro atoms.